The van der Waals surface area contributed by atoms with Crippen LogP contribution in [-0.4, -0.2) is 41.1 Å². The molecule has 20 heavy (non-hydrogen) atoms. The zero-order valence-electron chi connectivity index (χ0n) is 12.9. The summed E-state index contributed by atoms with van der Waals surface area (Å²) in [4.78, 5) is 13.8. The van der Waals surface area contributed by atoms with Crippen LogP contribution in [-0.2, 0) is 0 Å². The number of aromatic nitrogens is 2. The molecule has 0 radical (unpaired) electrons. The van der Waals surface area contributed by atoms with E-state index in [2.05, 4.69) is 29.4 Å². The molecule has 1 heterocycles. The summed E-state index contributed by atoms with van der Waals surface area (Å²) in [6.07, 6.45) is 5.61. The highest BCUT2D eigenvalue weighted by Gasteiger charge is 2.12. The third kappa shape index (κ3) is 5.55. The van der Waals surface area contributed by atoms with Crippen LogP contribution in [0.5, 0.6) is 0 Å². The van der Waals surface area contributed by atoms with Gasteiger partial charge in [0.2, 0.25) is 0 Å². The quantitative estimate of drug-likeness (QED) is 0.706. The van der Waals surface area contributed by atoms with Gasteiger partial charge in [0.1, 0.15) is 5.82 Å². The van der Waals surface area contributed by atoms with E-state index in [1.54, 1.807) is 18.0 Å². The first-order chi connectivity index (χ1) is 9.69. The molecular weight excluding hydrogens is 252 g/mol. The topological polar surface area (TPSA) is 58.1 Å². The summed E-state index contributed by atoms with van der Waals surface area (Å²) >= 11 is 0. The van der Waals surface area contributed by atoms with E-state index in [9.17, 15) is 4.79 Å². The van der Waals surface area contributed by atoms with Gasteiger partial charge in [0, 0.05) is 20.1 Å². The van der Waals surface area contributed by atoms with Gasteiger partial charge >= 0.3 is 0 Å². The molecule has 1 aromatic rings. The Morgan fingerprint density at radius 3 is 2.50 bits per heavy atom. The molecule has 0 aliphatic rings. The van der Waals surface area contributed by atoms with Crippen molar-refractivity contribution in [3.05, 3.63) is 17.8 Å². The number of carbonyl (C=O) groups is 1. The first kappa shape index (κ1) is 16.4. The molecule has 0 saturated heterocycles. The molecule has 112 valence electrons. The fourth-order valence-corrected chi connectivity index (χ4v) is 1.82. The molecular formula is C15H26N4O. The summed E-state index contributed by atoms with van der Waals surface area (Å²) in [5.41, 5.74) is 0.405. The zero-order chi connectivity index (χ0) is 14.8. The van der Waals surface area contributed by atoms with Crippen molar-refractivity contribution >= 4 is 11.7 Å². The Labute approximate surface area is 121 Å². The Hall–Kier alpha value is -1.65. The molecule has 5 heteroatoms. The van der Waals surface area contributed by atoms with Crippen LogP contribution < -0.4 is 5.32 Å². The molecule has 0 unspecified atom stereocenters. The van der Waals surface area contributed by atoms with Crippen LogP contribution >= 0.6 is 0 Å². The van der Waals surface area contributed by atoms with Crippen molar-refractivity contribution in [2.45, 2.75) is 46.0 Å². The summed E-state index contributed by atoms with van der Waals surface area (Å²) in [6, 6.07) is 3.56. The second-order valence-corrected chi connectivity index (χ2v) is 5.02. The van der Waals surface area contributed by atoms with Crippen molar-refractivity contribution in [3.63, 3.8) is 0 Å². The van der Waals surface area contributed by atoms with Gasteiger partial charge in [0.25, 0.3) is 5.91 Å². The fourth-order valence-electron chi connectivity index (χ4n) is 1.82. The lowest BCUT2D eigenvalue weighted by Gasteiger charge is -2.15. The van der Waals surface area contributed by atoms with Gasteiger partial charge in [0.05, 0.1) is 0 Å². The number of rotatable bonds is 9. The summed E-state index contributed by atoms with van der Waals surface area (Å²) in [5.74, 6) is 0.664. The van der Waals surface area contributed by atoms with Crippen molar-refractivity contribution in [3.8, 4) is 0 Å². The average Bonchev–Trinajstić information content (AvgIpc) is 2.49. The Morgan fingerprint density at radius 2 is 1.90 bits per heavy atom. The van der Waals surface area contributed by atoms with Crippen molar-refractivity contribution in [2.75, 3.05) is 25.5 Å². The molecule has 1 N–H and O–H groups in total. The molecule has 0 fully saturated rings. The van der Waals surface area contributed by atoms with E-state index in [4.69, 9.17) is 0 Å². The first-order valence-electron chi connectivity index (χ1n) is 7.52. The van der Waals surface area contributed by atoms with E-state index in [0.717, 1.165) is 38.2 Å². The molecule has 0 bridgehead atoms. The van der Waals surface area contributed by atoms with Gasteiger partial charge < -0.3 is 10.2 Å². The Balaban J connectivity index is 2.46. The molecule has 0 aromatic carbocycles. The van der Waals surface area contributed by atoms with E-state index >= 15 is 0 Å². The summed E-state index contributed by atoms with van der Waals surface area (Å²) < 4.78 is 0. The SMILES string of the molecule is CCCCCNc1ccc(C(=O)N(C)CCCC)nn1. The second-order valence-electron chi connectivity index (χ2n) is 5.02. The average molecular weight is 278 g/mol. The zero-order valence-corrected chi connectivity index (χ0v) is 12.9. The predicted octanol–water partition coefficient (Wildman–Crippen LogP) is 2.95. The van der Waals surface area contributed by atoms with Crippen LogP contribution in [0.1, 0.15) is 56.4 Å². The smallest absolute Gasteiger partial charge is 0.274 e. The van der Waals surface area contributed by atoms with Gasteiger partial charge in [-0.1, -0.05) is 33.1 Å². The summed E-state index contributed by atoms with van der Waals surface area (Å²) in [5, 5.41) is 11.3. The second kappa shape index (κ2) is 9.28. The van der Waals surface area contributed by atoms with E-state index < -0.39 is 0 Å². The Bertz CT molecular complexity index is 391. The molecule has 0 spiro atoms. The third-order valence-corrected chi connectivity index (χ3v) is 3.16. The molecule has 5 nitrogen and oxygen atoms in total. The number of hydrogen-bond acceptors (Lipinski definition) is 4. The maximum atomic E-state index is 12.1. The lowest BCUT2D eigenvalue weighted by atomic mass is 10.2. The van der Waals surface area contributed by atoms with Gasteiger partial charge in [-0.05, 0) is 25.0 Å². The summed E-state index contributed by atoms with van der Waals surface area (Å²) in [7, 11) is 1.80. The van der Waals surface area contributed by atoms with Gasteiger partial charge in [-0.25, -0.2) is 0 Å². The number of nitrogens with zero attached hydrogens (tertiary/aromatic N) is 3. The van der Waals surface area contributed by atoms with Gasteiger partial charge in [0.15, 0.2) is 5.69 Å². The monoisotopic (exact) mass is 278 g/mol. The largest absolute Gasteiger partial charge is 0.369 e. The molecule has 0 aliphatic carbocycles. The third-order valence-electron chi connectivity index (χ3n) is 3.16. The van der Waals surface area contributed by atoms with E-state index in [0.29, 0.717) is 5.69 Å². The van der Waals surface area contributed by atoms with Gasteiger partial charge in [-0.15, -0.1) is 10.2 Å². The lowest BCUT2D eigenvalue weighted by Crippen LogP contribution is -2.28. The van der Waals surface area contributed by atoms with Crippen molar-refractivity contribution in [1.82, 2.24) is 15.1 Å². The number of unbranched alkanes of at least 4 members (excludes halogenated alkanes) is 3. The van der Waals surface area contributed by atoms with Crippen LogP contribution in [0, 0.1) is 0 Å². The van der Waals surface area contributed by atoms with E-state index in [-0.39, 0.29) is 5.91 Å². The maximum absolute atomic E-state index is 12.1. The Morgan fingerprint density at radius 1 is 1.15 bits per heavy atom. The predicted molar refractivity (Wildman–Crippen MR) is 81.9 cm³/mol. The van der Waals surface area contributed by atoms with Crippen LogP contribution in [0.2, 0.25) is 0 Å². The van der Waals surface area contributed by atoms with Gasteiger partial charge in [-0.2, -0.15) is 0 Å². The van der Waals surface area contributed by atoms with Crippen molar-refractivity contribution in [2.24, 2.45) is 0 Å². The first-order valence-corrected chi connectivity index (χ1v) is 7.52. The molecule has 1 aromatic heterocycles. The minimum Gasteiger partial charge on any atom is -0.369 e. The standard InChI is InChI=1S/C15H26N4O/c1-4-6-8-11-16-14-10-9-13(17-18-14)15(20)19(3)12-7-5-2/h9-10H,4-8,11-12H2,1-3H3,(H,16,18). The minimum atomic E-state index is -0.0662. The number of anilines is 1. The maximum Gasteiger partial charge on any atom is 0.274 e. The molecule has 0 saturated carbocycles. The number of carbonyl (C=O) groups excluding carboxylic acids is 1. The normalized spacial score (nSPS) is 10.3. The van der Waals surface area contributed by atoms with Gasteiger partial charge in [-0.3, -0.25) is 4.79 Å². The van der Waals surface area contributed by atoms with E-state index in [1.807, 2.05) is 6.07 Å². The fraction of sp³-hybridized carbons (Fsp3) is 0.667. The molecule has 0 atom stereocenters. The number of hydrogen-bond donors (Lipinski definition) is 1. The van der Waals surface area contributed by atoms with Crippen molar-refractivity contribution in [1.29, 1.82) is 0 Å². The van der Waals surface area contributed by atoms with Crippen LogP contribution in [0.3, 0.4) is 0 Å². The number of nitrogens with one attached hydrogen (secondary N) is 1. The van der Waals surface area contributed by atoms with E-state index in [1.165, 1.54) is 12.8 Å². The minimum absolute atomic E-state index is 0.0662. The Kier molecular flexibility index (Phi) is 7.62. The summed E-state index contributed by atoms with van der Waals surface area (Å²) in [6.45, 7) is 5.94. The number of amides is 1. The molecule has 1 rings (SSSR count). The van der Waals surface area contributed by atoms with Crippen molar-refractivity contribution < 1.29 is 4.79 Å². The van der Waals surface area contributed by atoms with Crippen LogP contribution in [0.15, 0.2) is 12.1 Å². The molecule has 0 aliphatic heterocycles. The lowest BCUT2D eigenvalue weighted by molar-refractivity contribution is 0.0786. The highest BCUT2D eigenvalue weighted by molar-refractivity contribution is 5.92. The van der Waals surface area contributed by atoms with Crippen LogP contribution in [0.4, 0.5) is 5.82 Å². The molecule has 1 amide bonds. The highest BCUT2D eigenvalue weighted by atomic mass is 16.2. The van der Waals surface area contributed by atoms with Crippen LogP contribution in [0.25, 0.3) is 0 Å². The highest BCUT2D eigenvalue weighted by Crippen LogP contribution is 2.06.